The van der Waals surface area contributed by atoms with E-state index in [0.717, 1.165) is 0 Å². The first-order valence-electron chi connectivity index (χ1n) is 2.13. The van der Waals surface area contributed by atoms with Gasteiger partial charge in [0.15, 0.2) is 0 Å². The van der Waals surface area contributed by atoms with Gasteiger partial charge in [-0.2, -0.15) is 0 Å². The van der Waals surface area contributed by atoms with Gasteiger partial charge in [0.2, 0.25) is 0 Å². The van der Waals surface area contributed by atoms with Gasteiger partial charge in [-0.1, -0.05) is 24.8 Å². The van der Waals surface area contributed by atoms with E-state index in [4.69, 9.17) is 0 Å². The van der Waals surface area contributed by atoms with Gasteiger partial charge < -0.3 is 0 Å². The summed E-state index contributed by atoms with van der Waals surface area (Å²) in [5.74, 6) is 0. The molecule has 0 aliphatic carbocycles. The first-order chi connectivity index (χ1) is 3.06. The lowest BCUT2D eigenvalue weighted by atomic mass is 10.3. The van der Waals surface area contributed by atoms with Gasteiger partial charge in [0.05, 0.1) is 0 Å². The number of hydrogen-bond donors (Lipinski definition) is 2. The summed E-state index contributed by atoms with van der Waals surface area (Å²) in [5.41, 5.74) is 0. The zero-order valence-electron chi connectivity index (χ0n) is 4.86. The van der Waals surface area contributed by atoms with Crippen LogP contribution in [0.15, 0.2) is 0 Å². The highest BCUT2D eigenvalue weighted by molar-refractivity contribution is 8.07. The number of nitrogens with one attached hydrogen (secondary N) is 1. The highest BCUT2D eigenvalue weighted by Crippen LogP contribution is 2.19. The van der Waals surface area contributed by atoms with Crippen LogP contribution in [0.3, 0.4) is 0 Å². The summed E-state index contributed by atoms with van der Waals surface area (Å²) < 4.78 is 3.00. The Morgan fingerprint density at radius 1 is 1.43 bits per heavy atom. The molecule has 0 bridgehead atoms. The molecule has 0 aromatic carbocycles. The molecule has 0 amide bonds. The van der Waals surface area contributed by atoms with Gasteiger partial charge in [-0.25, -0.2) is 4.13 Å². The average molecular weight is 137 g/mol. The molecule has 0 radical (unpaired) electrons. The van der Waals surface area contributed by atoms with Gasteiger partial charge in [0.25, 0.3) is 0 Å². The lowest BCUT2D eigenvalue weighted by Crippen LogP contribution is -2.10. The lowest BCUT2D eigenvalue weighted by Gasteiger charge is -2.14. The monoisotopic (exact) mass is 137 g/mol. The van der Waals surface area contributed by atoms with E-state index in [1.165, 1.54) is 0 Å². The summed E-state index contributed by atoms with van der Waals surface area (Å²) in [6.45, 7) is 6.38. The molecular formula is C4H11NS2. The molecule has 0 aromatic rings. The van der Waals surface area contributed by atoms with Gasteiger partial charge in [0.1, 0.15) is 0 Å². The van der Waals surface area contributed by atoms with E-state index in [2.05, 4.69) is 37.7 Å². The zero-order valence-corrected chi connectivity index (χ0v) is 6.57. The van der Waals surface area contributed by atoms with Gasteiger partial charge in [-0.05, 0) is 20.8 Å². The second-order valence-corrected chi connectivity index (χ2v) is 4.46. The van der Waals surface area contributed by atoms with E-state index < -0.39 is 0 Å². The first-order valence-corrected chi connectivity index (χ1v) is 3.40. The van der Waals surface area contributed by atoms with Crippen LogP contribution in [-0.4, -0.2) is 4.75 Å². The van der Waals surface area contributed by atoms with Crippen molar-refractivity contribution in [1.82, 2.24) is 4.13 Å². The highest BCUT2D eigenvalue weighted by atomic mass is 32.2. The topological polar surface area (TPSA) is 12.0 Å². The normalized spacial score (nSPS) is 12.0. The van der Waals surface area contributed by atoms with Gasteiger partial charge >= 0.3 is 0 Å². The largest absolute Gasteiger partial charge is 0.210 e. The predicted octanol–water partition coefficient (Wildman–Crippen LogP) is 1.87. The third-order valence-electron chi connectivity index (χ3n) is 0.352. The Hall–Kier alpha value is 0.660. The predicted molar refractivity (Wildman–Crippen MR) is 39.5 cm³/mol. The van der Waals surface area contributed by atoms with E-state index in [1.54, 1.807) is 11.9 Å². The van der Waals surface area contributed by atoms with Crippen molar-refractivity contribution in [2.24, 2.45) is 0 Å². The number of thiol groups is 1. The molecule has 1 nitrogen and oxygen atoms in total. The molecule has 0 rings (SSSR count). The van der Waals surface area contributed by atoms with Crippen LogP contribution >= 0.6 is 24.8 Å². The van der Waals surface area contributed by atoms with Crippen molar-refractivity contribution in [2.75, 3.05) is 0 Å². The van der Waals surface area contributed by atoms with Crippen LogP contribution in [0.1, 0.15) is 20.8 Å². The van der Waals surface area contributed by atoms with Crippen molar-refractivity contribution in [2.45, 2.75) is 25.5 Å². The molecule has 0 saturated heterocycles. The van der Waals surface area contributed by atoms with E-state index >= 15 is 0 Å². The molecule has 0 aliphatic heterocycles. The van der Waals surface area contributed by atoms with E-state index in [0.29, 0.717) is 0 Å². The van der Waals surface area contributed by atoms with Crippen molar-refractivity contribution >= 4 is 24.8 Å². The quantitative estimate of drug-likeness (QED) is 0.423. The highest BCUT2D eigenvalue weighted by Gasteiger charge is 2.07. The summed E-state index contributed by atoms with van der Waals surface area (Å²) in [6.07, 6.45) is 0. The molecule has 0 spiro atoms. The summed E-state index contributed by atoms with van der Waals surface area (Å²) in [6, 6.07) is 0. The van der Waals surface area contributed by atoms with Crippen molar-refractivity contribution in [3.8, 4) is 0 Å². The van der Waals surface area contributed by atoms with Crippen molar-refractivity contribution in [3.05, 3.63) is 0 Å². The molecular weight excluding hydrogens is 126 g/mol. The fourth-order valence-corrected chi connectivity index (χ4v) is 1.23. The van der Waals surface area contributed by atoms with Crippen LogP contribution in [0.2, 0.25) is 0 Å². The van der Waals surface area contributed by atoms with Gasteiger partial charge in [0, 0.05) is 4.75 Å². The minimum atomic E-state index is 0.280. The Balaban J connectivity index is 3.15. The molecule has 7 heavy (non-hydrogen) atoms. The maximum Gasteiger partial charge on any atom is 0.0228 e. The summed E-state index contributed by atoms with van der Waals surface area (Å²) >= 11 is 5.43. The molecule has 44 valence electrons. The van der Waals surface area contributed by atoms with Crippen LogP contribution in [0.25, 0.3) is 0 Å². The maximum atomic E-state index is 3.83. The standard InChI is InChI=1S/C4H11NS2/c1-4(2,3)7-5-6/h5-6H,1-3H3. The Morgan fingerprint density at radius 2 is 1.86 bits per heavy atom. The maximum absolute atomic E-state index is 3.83. The molecule has 0 saturated carbocycles. The molecule has 0 heterocycles. The molecule has 3 heteroatoms. The molecule has 0 atom stereocenters. The van der Waals surface area contributed by atoms with Gasteiger partial charge in [-0.15, -0.1) is 0 Å². The second-order valence-electron chi connectivity index (χ2n) is 2.31. The minimum absolute atomic E-state index is 0.280. The molecule has 0 unspecified atom stereocenters. The minimum Gasteiger partial charge on any atom is -0.210 e. The van der Waals surface area contributed by atoms with Crippen molar-refractivity contribution in [1.29, 1.82) is 0 Å². The Labute approximate surface area is 54.9 Å². The Bertz CT molecular complexity index is 48.1. The average Bonchev–Trinajstić information content (AvgIpc) is 1.30. The number of rotatable bonds is 1. The SMILES string of the molecule is CC(C)(C)SNS. The van der Waals surface area contributed by atoms with Gasteiger partial charge in [-0.3, -0.25) is 0 Å². The lowest BCUT2D eigenvalue weighted by molar-refractivity contribution is 0.802. The van der Waals surface area contributed by atoms with Crippen LogP contribution in [0, 0.1) is 0 Å². The second kappa shape index (κ2) is 2.84. The Morgan fingerprint density at radius 3 is 1.86 bits per heavy atom. The van der Waals surface area contributed by atoms with Crippen LogP contribution in [0.5, 0.6) is 0 Å². The molecule has 0 aromatic heterocycles. The Kier molecular flexibility index (Phi) is 3.11. The van der Waals surface area contributed by atoms with E-state index in [-0.39, 0.29) is 4.75 Å². The smallest absolute Gasteiger partial charge is 0.0228 e. The van der Waals surface area contributed by atoms with E-state index in [1.807, 2.05) is 0 Å². The van der Waals surface area contributed by atoms with Crippen LogP contribution < -0.4 is 4.13 Å². The van der Waals surface area contributed by atoms with Crippen molar-refractivity contribution < 1.29 is 0 Å². The van der Waals surface area contributed by atoms with E-state index in [9.17, 15) is 0 Å². The first kappa shape index (κ1) is 7.66. The molecule has 0 fully saturated rings. The number of hydrogen-bond acceptors (Lipinski definition) is 3. The third kappa shape index (κ3) is 6.66. The molecule has 0 aliphatic rings. The van der Waals surface area contributed by atoms with Crippen LogP contribution in [0.4, 0.5) is 0 Å². The molecule has 1 N–H and O–H groups in total. The fourth-order valence-electron chi connectivity index (χ4n) is 0.137. The summed E-state index contributed by atoms with van der Waals surface area (Å²) in [5, 5.41) is 0. The third-order valence-corrected chi connectivity index (χ3v) is 1.33. The van der Waals surface area contributed by atoms with Crippen LogP contribution in [-0.2, 0) is 0 Å². The zero-order chi connectivity index (χ0) is 5.91. The fraction of sp³-hybridized carbons (Fsp3) is 1.00. The summed E-state index contributed by atoms with van der Waals surface area (Å²) in [4.78, 5) is 0. The summed E-state index contributed by atoms with van der Waals surface area (Å²) in [7, 11) is 0. The van der Waals surface area contributed by atoms with Crippen molar-refractivity contribution in [3.63, 3.8) is 0 Å².